The zero-order valence-electron chi connectivity index (χ0n) is 12.9. The Morgan fingerprint density at radius 2 is 1.35 bits per heavy atom. The molecule has 0 unspecified atom stereocenters. The second-order valence-corrected chi connectivity index (χ2v) is 10.6. The van der Waals surface area contributed by atoms with Crippen molar-refractivity contribution in [1.29, 1.82) is 0 Å². The molecule has 0 saturated carbocycles. The van der Waals surface area contributed by atoms with E-state index in [-0.39, 0.29) is 11.3 Å². The third-order valence-electron chi connectivity index (χ3n) is 4.23. The van der Waals surface area contributed by atoms with Crippen molar-refractivity contribution in [2.75, 3.05) is 0 Å². The number of rotatable bonds is 2. The molecule has 0 saturated heterocycles. The van der Waals surface area contributed by atoms with Gasteiger partial charge in [0, 0.05) is 0 Å². The van der Waals surface area contributed by atoms with Gasteiger partial charge >= 0.3 is 12.4 Å². The van der Waals surface area contributed by atoms with Crippen LogP contribution in [0.15, 0.2) is 41.1 Å². The van der Waals surface area contributed by atoms with Gasteiger partial charge in [-0.05, 0) is 19.4 Å². The predicted octanol–water partition coefficient (Wildman–Crippen LogP) is 5.46. The average Bonchev–Trinajstić information content (AvgIpc) is 2.83. The number of allylic oxidation sites excluding steroid dienone is 4. The first-order valence-corrected chi connectivity index (χ1v) is 10.00. The van der Waals surface area contributed by atoms with Crippen molar-refractivity contribution in [3.63, 3.8) is 0 Å². The van der Waals surface area contributed by atoms with Gasteiger partial charge in [0.15, 0.2) is 0 Å². The summed E-state index contributed by atoms with van der Waals surface area (Å²) in [5, 5.41) is 1.11. The summed E-state index contributed by atoms with van der Waals surface area (Å²) in [6, 6.07) is 1.93. The minimum atomic E-state index is -4.81. The fourth-order valence-electron chi connectivity index (χ4n) is 2.85. The van der Waals surface area contributed by atoms with Gasteiger partial charge in [0.25, 0.3) is 0 Å². The van der Waals surface area contributed by atoms with Crippen LogP contribution in [0.3, 0.4) is 0 Å². The van der Waals surface area contributed by atoms with Crippen molar-refractivity contribution in [3.8, 4) is 0 Å². The Labute approximate surface area is 131 Å². The van der Waals surface area contributed by atoms with E-state index in [1.807, 2.05) is 19.1 Å². The lowest BCUT2D eigenvalue weighted by Gasteiger charge is -2.28. The maximum absolute atomic E-state index is 13.0. The van der Waals surface area contributed by atoms with E-state index in [2.05, 4.69) is 0 Å². The third-order valence-corrected chi connectivity index (χ3v) is 8.07. The van der Waals surface area contributed by atoms with Gasteiger partial charge in [0.2, 0.25) is 0 Å². The van der Waals surface area contributed by atoms with E-state index in [0.717, 1.165) is 22.9 Å². The Morgan fingerprint density at radius 1 is 0.870 bits per heavy atom. The number of halogens is 6. The van der Waals surface area contributed by atoms with E-state index in [1.165, 1.54) is 0 Å². The van der Waals surface area contributed by atoms with Gasteiger partial charge in [-0.2, -0.15) is 26.3 Å². The molecule has 0 radical (unpaired) electrons. The van der Waals surface area contributed by atoms with E-state index in [1.54, 1.807) is 13.1 Å². The van der Waals surface area contributed by atoms with Gasteiger partial charge in [-0.15, -0.1) is 0 Å². The van der Waals surface area contributed by atoms with Crippen LogP contribution in [0.5, 0.6) is 0 Å². The Balaban J connectivity index is 2.65. The normalized spacial score (nSPS) is 16.4. The standard InChI is InChI=1S/C16H16F6Si/c1-10-5-4-6-14(10)23(2,3)13-8-11(15(17,18)19)7-12(9-13)16(20,21)22/h4-5,7-9H,6H2,1-3H3. The Bertz CT molecular complexity index is 645. The van der Waals surface area contributed by atoms with Crippen molar-refractivity contribution in [3.05, 3.63) is 52.2 Å². The van der Waals surface area contributed by atoms with E-state index >= 15 is 0 Å². The molecular formula is C16H16F6Si. The van der Waals surface area contributed by atoms with Crippen molar-refractivity contribution < 1.29 is 26.3 Å². The number of benzene rings is 1. The van der Waals surface area contributed by atoms with Gasteiger partial charge in [-0.1, -0.05) is 53.3 Å². The molecule has 0 nitrogen and oxygen atoms in total. The molecule has 0 aromatic heterocycles. The summed E-state index contributed by atoms with van der Waals surface area (Å²) in [5.74, 6) is 0. The molecule has 1 aliphatic rings. The first-order chi connectivity index (χ1) is 10.3. The van der Waals surface area contributed by atoms with Crippen molar-refractivity contribution in [2.24, 2.45) is 0 Å². The highest BCUT2D eigenvalue weighted by Crippen LogP contribution is 2.36. The highest BCUT2D eigenvalue weighted by Gasteiger charge is 2.40. The fraction of sp³-hybridized carbons (Fsp3) is 0.375. The largest absolute Gasteiger partial charge is 0.416 e. The Morgan fingerprint density at radius 3 is 1.70 bits per heavy atom. The van der Waals surface area contributed by atoms with Crippen LogP contribution in [0.2, 0.25) is 13.1 Å². The minimum absolute atomic E-state index is 0.151. The van der Waals surface area contributed by atoms with E-state index in [0.29, 0.717) is 6.42 Å². The summed E-state index contributed by atoms with van der Waals surface area (Å²) in [6.07, 6.45) is -5.28. The van der Waals surface area contributed by atoms with Crippen LogP contribution < -0.4 is 5.19 Å². The molecule has 7 heteroatoms. The van der Waals surface area contributed by atoms with E-state index < -0.39 is 31.6 Å². The van der Waals surface area contributed by atoms with Crippen LogP contribution in [-0.2, 0) is 12.4 Å². The maximum Gasteiger partial charge on any atom is 0.416 e. The molecule has 2 rings (SSSR count). The van der Waals surface area contributed by atoms with Gasteiger partial charge in [0.1, 0.15) is 8.07 Å². The summed E-state index contributed by atoms with van der Waals surface area (Å²) in [4.78, 5) is 0. The SMILES string of the molecule is CC1=C([Si](C)(C)c2cc(C(F)(F)F)cc(C(F)(F)F)c2)CC=C1. The Hall–Kier alpha value is -1.50. The van der Waals surface area contributed by atoms with Crippen molar-refractivity contribution in [1.82, 2.24) is 0 Å². The molecule has 1 aromatic carbocycles. The molecule has 0 aliphatic heterocycles. The zero-order chi connectivity index (χ0) is 17.6. The lowest BCUT2D eigenvalue weighted by molar-refractivity contribution is -0.142. The van der Waals surface area contributed by atoms with Crippen LogP contribution >= 0.6 is 0 Å². The molecular weight excluding hydrogens is 334 g/mol. The Kier molecular flexibility index (Phi) is 4.30. The summed E-state index contributed by atoms with van der Waals surface area (Å²) in [5.41, 5.74) is -1.55. The molecule has 126 valence electrons. The lowest BCUT2D eigenvalue weighted by Crippen LogP contribution is -2.45. The quantitative estimate of drug-likeness (QED) is 0.491. The minimum Gasteiger partial charge on any atom is -0.166 e. The molecule has 0 bridgehead atoms. The fourth-order valence-corrected chi connectivity index (χ4v) is 5.93. The van der Waals surface area contributed by atoms with Crippen LogP contribution in [0.4, 0.5) is 26.3 Å². The monoisotopic (exact) mass is 350 g/mol. The van der Waals surface area contributed by atoms with E-state index in [9.17, 15) is 26.3 Å². The van der Waals surface area contributed by atoms with E-state index in [4.69, 9.17) is 0 Å². The average molecular weight is 350 g/mol. The highest BCUT2D eigenvalue weighted by atomic mass is 28.3. The number of hydrogen-bond acceptors (Lipinski definition) is 0. The molecule has 1 aromatic rings. The predicted molar refractivity (Wildman–Crippen MR) is 80.0 cm³/mol. The molecule has 0 heterocycles. The molecule has 0 atom stereocenters. The lowest BCUT2D eigenvalue weighted by atomic mass is 10.1. The molecule has 1 aliphatic carbocycles. The van der Waals surface area contributed by atoms with Crippen molar-refractivity contribution >= 4 is 13.3 Å². The second kappa shape index (κ2) is 5.54. The smallest absolute Gasteiger partial charge is 0.166 e. The molecule has 0 N–H and O–H groups in total. The topological polar surface area (TPSA) is 0 Å². The summed E-state index contributed by atoms with van der Waals surface area (Å²) >= 11 is 0. The van der Waals surface area contributed by atoms with Crippen LogP contribution in [-0.4, -0.2) is 8.07 Å². The molecule has 23 heavy (non-hydrogen) atoms. The third kappa shape index (κ3) is 3.54. The molecule has 0 amide bonds. The van der Waals surface area contributed by atoms with Crippen LogP contribution in [0.1, 0.15) is 24.5 Å². The van der Waals surface area contributed by atoms with Gasteiger partial charge in [-0.25, -0.2) is 0 Å². The number of alkyl halides is 6. The summed E-state index contributed by atoms with van der Waals surface area (Å²) in [6.45, 7) is 5.41. The van der Waals surface area contributed by atoms with Crippen LogP contribution in [0, 0.1) is 0 Å². The second-order valence-electron chi connectivity index (χ2n) is 6.19. The number of hydrogen-bond donors (Lipinski definition) is 0. The first-order valence-electron chi connectivity index (χ1n) is 7.00. The van der Waals surface area contributed by atoms with Crippen molar-refractivity contribution in [2.45, 2.75) is 38.8 Å². The first kappa shape index (κ1) is 17.8. The highest BCUT2D eigenvalue weighted by molar-refractivity contribution is 6.95. The maximum atomic E-state index is 13.0. The van der Waals surface area contributed by atoms with Gasteiger partial charge < -0.3 is 0 Å². The van der Waals surface area contributed by atoms with Gasteiger partial charge in [0.05, 0.1) is 11.1 Å². The summed E-state index contributed by atoms with van der Waals surface area (Å²) in [7, 11) is -2.61. The summed E-state index contributed by atoms with van der Waals surface area (Å²) < 4.78 is 78.0. The van der Waals surface area contributed by atoms with Crippen LogP contribution in [0.25, 0.3) is 0 Å². The zero-order valence-corrected chi connectivity index (χ0v) is 13.9. The molecule has 0 spiro atoms. The van der Waals surface area contributed by atoms with Gasteiger partial charge in [-0.3, -0.25) is 0 Å². The molecule has 0 fully saturated rings.